The molecule has 0 aliphatic heterocycles. The molecular formula is C20H24F2N4OSSi. The zero-order chi connectivity index (χ0) is 21.1. The molecule has 0 amide bonds. The largest absolute Gasteiger partial charge is 0.401 e. The summed E-state index contributed by atoms with van der Waals surface area (Å²) < 4.78 is 37.0. The van der Waals surface area contributed by atoms with E-state index in [4.69, 9.17) is 4.43 Å². The zero-order valence-corrected chi connectivity index (χ0v) is 18.5. The predicted molar refractivity (Wildman–Crippen MR) is 114 cm³/mol. The van der Waals surface area contributed by atoms with Crippen LogP contribution in [0.3, 0.4) is 0 Å². The van der Waals surface area contributed by atoms with E-state index >= 15 is 0 Å². The Hall–Kier alpha value is -2.10. The summed E-state index contributed by atoms with van der Waals surface area (Å²) in [7, 11) is -3.03. The van der Waals surface area contributed by atoms with Crippen molar-refractivity contribution in [2.75, 3.05) is 6.61 Å². The van der Waals surface area contributed by atoms with Crippen LogP contribution >= 0.6 is 12.6 Å². The monoisotopic (exact) mass is 434 g/mol. The molecule has 0 bridgehead atoms. The van der Waals surface area contributed by atoms with Gasteiger partial charge in [-0.15, -0.1) is 17.7 Å². The molecule has 0 saturated carbocycles. The summed E-state index contributed by atoms with van der Waals surface area (Å²) in [5.74, 6) is -3.17. The van der Waals surface area contributed by atoms with Gasteiger partial charge in [0.25, 0.3) is 14.2 Å². The third-order valence-electron chi connectivity index (χ3n) is 4.81. The van der Waals surface area contributed by atoms with Crippen LogP contribution in [0.4, 0.5) is 8.78 Å². The molecule has 0 radical (unpaired) electrons. The van der Waals surface area contributed by atoms with E-state index in [9.17, 15) is 8.78 Å². The predicted octanol–water partition coefficient (Wildman–Crippen LogP) is 3.17. The molecule has 3 aromatic rings. The van der Waals surface area contributed by atoms with Gasteiger partial charge in [0.1, 0.15) is 13.2 Å². The van der Waals surface area contributed by atoms with Crippen molar-refractivity contribution in [1.82, 2.24) is 20.2 Å². The van der Waals surface area contributed by atoms with E-state index in [0.717, 1.165) is 15.1 Å². The lowest BCUT2D eigenvalue weighted by Gasteiger charge is -2.43. The molecule has 0 aliphatic carbocycles. The highest BCUT2D eigenvalue weighted by Gasteiger charge is 2.51. The van der Waals surface area contributed by atoms with Gasteiger partial charge in [-0.2, -0.15) is 0 Å². The van der Waals surface area contributed by atoms with Crippen LogP contribution in [0.25, 0.3) is 0 Å². The van der Waals surface area contributed by atoms with E-state index < -0.39 is 27.4 Å². The van der Waals surface area contributed by atoms with E-state index in [2.05, 4.69) is 28.2 Å². The number of nitrogens with zero attached hydrogens (tertiary/aromatic N) is 4. The Morgan fingerprint density at radius 3 is 1.90 bits per heavy atom. The van der Waals surface area contributed by atoms with Crippen molar-refractivity contribution in [2.45, 2.75) is 43.4 Å². The van der Waals surface area contributed by atoms with Gasteiger partial charge in [-0.3, -0.25) is 0 Å². The molecule has 2 aromatic carbocycles. The number of tetrazole rings is 1. The summed E-state index contributed by atoms with van der Waals surface area (Å²) in [5, 5.41) is 12.0. The number of alkyl halides is 2. The van der Waals surface area contributed by atoms with Crippen molar-refractivity contribution in [3.63, 3.8) is 0 Å². The highest BCUT2D eigenvalue weighted by atomic mass is 32.1. The van der Waals surface area contributed by atoms with E-state index in [-0.39, 0.29) is 10.2 Å². The SMILES string of the molecule is CC(C)(C)[Si](OCC(F)(F)Cn1nnnc1S)(c1ccccc1)c1ccccc1. The van der Waals surface area contributed by atoms with Crippen molar-refractivity contribution in [2.24, 2.45) is 0 Å². The average molecular weight is 435 g/mol. The van der Waals surface area contributed by atoms with Gasteiger partial charge in [0.05, 0.1) is 0 Å². The van der Waals surface area contributed by atoms with Gasteiger partial charge in [-0.1, -0.05) is 81.4 Å². The minimum atomic E-state index is -3.17. The number of aromatic nitrogens is 4. The van der Waals surface area contributed by atoms with Gasteiger partial charge in [0.2, 0.25) is 5.16 Å². The maximum Gasteiger partial charge on any atom is 0.289 e. The van der Waals surface area contributed by atoms with Crippen LogP contribution in [0.15, 0.2) is 65.8 Å². The zero-order valence-electron chi connectivity index (χ0n) is 16.6. The molecule has 1 heterocycles. The second-order valence-electron chi connectivity index (χ2n) is 7.94. The van der Waals surface area contributed by atoms with Gasteiger partial charge in [0.15, 0.2) is 0 Å². The smallest absolute Gasteiger partial charge is 0.289 e. The van der Waals surface area contributed by atoms with Crippen LogP contribution in [-0.2, 0) is 11.0 Å². The Balaban J connectivity index is 2.01. The molecule has 5 nitrogen and oxygen atoms in total. The third kappa shape index (κ3) is 4.57. The van der Waals surface area contributed by atoms with Crippen LogP contribution in [0, 0.1) is 0 Å². The molecule has 0 N–H and O–H groups in total. The number of rotatable bonds is 7. The van der Waals surface area contributed by atoms with Gasteiger partial charge in [-0.25, -0.2) is 13.5 Å². The summed E-state index contributed by atoms with van der Waals surface area (Å²) in [6.07, 6.45) is 0. The van der Waals surface area contributed by atoms with Crippen molar-refractivity contribution >= 4 is 31.3 Å². The Bertz CT molecular complexity index is 893. The first-order valence-corrected chi connectivity index (χ1v) is 11.6. The number of thiol groups is 1. The minimum absolute atomic E-state index is 0.0372. The molecule has 0 saturated heterocycles. The van der Waals surface area contributed by atoms with E-state index in [0.29, 0.717) is 0 Å². The molecular weight excluding hydrogens is 410 g/mol. The second kappa shape index (κ2) is 8.33. The van der Waals surface area contributed by atoms with Crippen LogP contribution in [0.5, 0.6) is 0 Å². The topological polar surface area (TPSA) is 52.8 Å². The van der Waals surface area contributed by atoms with Crippen molar-refractivity contribution < 1.29 is 13.2 Å². The van der Waals surface area contributed by atoms with Gasteiger partial charge >= 0.3 is 0 Å². The van der Waals surface area contributed by atoms with Crippen molar-refractivity contribution in [3.05, 3.63) is 60.7 Å². The molecule has 29 heavy (non-hydrogen) atoms. The molecule has 0 fully saturated rings. The second-order valence-corrected chi connectivity index (χ2v) is 12.7. The van der Waals surface area contributed by atoms with E-state index in [1.165, 1.54) is 0 Å². The molecule has 154 valence electrons. The van der Waals surface area contributed by atoms with Crippen LogP contribution in [-0.4, -0.2) is 41.1 Å². The maximum atomic E-state index is 14.9. The number of benzene rings is 2. The Morgan fingerprint density at radius 1 is 0.966 bits per heavy atom. The van der Waals surface area contributed by atoms with Crippen molar-refractivity contribution in [1.29, 1.82) is 0 Å². The molecule has 0 unspecified atom stereocenters. The highest BCUT2D eigenvalue weighted by molar-refractivity contribution is 7.80. The van der Waals surface area contributed by atoms with E-state index in [1.807, 2.05) is 81.4 Å². The Kier molecular flexibility index (Phi) is 6.21. The highest BCUT2D eigenvalue weighted by Crippen LogP contribution is 2.37. The molecule has 0 atom stereocenters. The fraction of sp³-hybridized carbons (Fsp3) is 0.350. The normalized spacial score (nSPS) is 12.9. The Labute approximate surface area is 175 Å². The Morgan fingerprint density at radius 2 is 1.48 bits per heavy atom. The molecule has 0 aliphatic rings. The molecule has 9 heteroatoms. The summed E-state index contributed by atoms with van der Waals surface area (Å²) in [4.78, 5) is 0. The lowest BCUT2D eigenvalue weighted by molar-refractivity contribution is -0.0619. The first kappa shape index (κ1) is 21.6. The first-order valence-electron chi connectivity index (χ1n) is 9.24. The first-order chi connectivity index (χ1) is 13.7. The minimum Gasteiger partial charge on any atom is -0.401 e. The van der Waals surface area contributed by atoms with Crippen LogP contribution in [0.1, 0.15) is 20.8 Å². The van der Waals surface area contributed by atoms with Crippen LogP contribution < -0.4 is 10.4 Å². The average Bonchev–Trinajstić information content (AvgIpc) is 3.07. The molecule has 1 aromatic heterocycles. The standard InChI is InChI=1S/C20H24F2N4OSSi/c1-19(2,3)29(16-10-6-4-7-11-16,17-12-8-5-9-13-17)27-15-20(21,22)14-26-18(28)23-24-25-26/h4-13H,14-15H2,1-3H3,(H,23,25,28). The number of halogens is 2. The van der Waals surface area contributed by atoms with Gasteiger partial charge in [-0.05, 0) is 25.8 Å². The number of hydrogen-bond donors (Lipinski definition) is 1. The molecule has 0 spiro atoms. The van der Waals surface area contributed by atoms with E-state index in [1.54, 1.807) is 0 Å². The van der Waals surface area contributed by atoms with Crippen molar-refractivity contribution in [3.8, 4) is 0 Å². The lowest BCUT2D eigenvalue weighted by Crippen LogP contribution is -2.67. The summed E-state index contributed by atoms with van der Waals surface area (Å²) in [6, 6.07) is 19.4. The molecule has 3 rings (SSSR count). The lowest BCUT2D eigenvalue weighted by atomic mass is 10.2. The summed E-state index contributed by atoms with van der Waals surface area (Å²) in [5.41, 5.74) is 0. The quantitative estimate of drug-likeness (QED) is 0.458. The van der Waals surface area contributed by atoms with Gasteiger partial charge in [0, 0.05) is 0 Å². The fourth-order valence-corrected chi connectivity index (χ4v) is 8.28. The summed E-state index contributed by atoms with van der Waals surface area (Å²) in [6.45, 7) is 4.70. The summed E-state index contributed by atoms with van der Waals surface area (Å²) >= 11 is 4.01. The third-order valence-corrected chi connectivity index (χ3v) is 10.1. The fourth-order valence-electron chi connectivity index (χ4n) is 3.54. The maximum absolute atomic E-state index is 14.9. The van der Waals surface area contributed by atoms with Crippen LogP contribution in [0.2, 0.25) is 5.04 Å². The van der Waals surface area contributed by atoms with Gasteiger partial charge < -0.3 is 4.43 Å². The number of hydrogen-bond acceptors (Lipinski definition) is 5.